The molecule has 1 aliphatic heterocycles. The maximum atomic E-state index is 12.8. The summed E-state index contributed by atoms with van der Waals surface area (Å²) in [6, 6.07) is 11.9. The average molecular weight is 537 g/mol. The molecule has 0 radical (unpaired) electrons. The maximum Gasteiger partial charge on any atom is 0.413 e. The Bertz CT molecular complexity index is 1250. The summed E-state index contributed by atoms with van der Waals surface area (Å²) in [4.78, 5) is 30.9. The highest BCUT2D eigenvalue weighted by Gasteiger charge is 2.25. The number of benzene rings is 2. The second-order valence-corrected chi connectivity index (χ2v) is 10.7. The highest BCUT2D eigenvalue weighted by molar-refractivity contribution is 7.89. The van der Waals surface area contributed by atoms with Gasteiger partial charge in [-0.2, -0.15) is 4.31 Å². The van der Waals surface area contributed by atoms with Crippen LogP contribution in [0.4, 0.5) is 4.79 Å². The Balaban J connectivity index is 1.46. The minimum absolute atomic E-state index is 0.0474. The smallest absolute Gasteiger partial charge is 0.413 e. The zero-order valence-electron chi connectivity index (χ0n) is 20.3. The molecule has 0 spiro atoms. The first-order valence-electron chi connectivity index (χ1n) is 11.2. The zero-order valence-corrected chi connectivity index (χ0v) is 21.9. The molecule has 0 unspecified atom stereocenters. The van der Waals surface area contributed by atoms with Crippen LogP contribution in [-0.4, -0.2) is 92.4 Å². The van der Waals surface area contributed by atoms with Gasteiger partial charge in [0, 0.05) is 37.8 Å². The van der Waals surface area contributed by atoms with E-state index in [2.05, 4.69) is 4.99 Å². The molecule has 0 saturated heterocycles. The Labute approximate surface area is 215 Å². The van der Waals surface area contributed by atoms with Gasteiger partial charge in [0.2, 0.25) is 15.9 Å². The Kier molecular flexibility index (Phi) is 9.07. The fraction of sp³-hybridized carbons (Fsp3) is 0.375. The van der Waals surface area contributed by atoms with Crippen molar-refractivity contribution in [1.29, 1.82) is 0 Å². The summed E-state index contributed by atoms with van der Waals surface area (Å²) in [6.45, 7) is 2.68. The number of carbonyl (C=O) groups excluding carboxylic acids is 1. The number of rotatable bonds is 10. The number of likely N-dealkylation sites (N-methyl/N-ethyl adjacent to an activating group) is 2. The van der Waals surface area contributed by atoms with Crippen LogP contribution in [0.2, 0.25) is 5.02 Å². The molecule has 0 aliphatic carbocycles. The second kappa shape index (κ2) is 11.8. The molecule has 0 atom stereocenters. The number of nitrogens with zero attached hydrogens (tertiary/aromatic N) is 4. The average Bonchev–Trinajstić information content (AvgIpc) is 3.34. The van der Waals surface area contributed by atoms with E-state index < -0.39 is 16.1 Å². The molecule has 1 N–H and O–H groups in total. The fourth-order valence-corrected chi connectivity index (χ4v) is 5.25. The monoisotopic (exact) mass is 536 g/mol. The van der Waals surface area contributed by atoms with Crippen molar-refractivity contribution >= 4 is 39.5 Å². The number of amides is 2. The zero-order chi connectivity index (χ0) is 26.5. The van der Waals surface area contributed by atoms with Crippen LogP contribution >= 0.6 is 11.6 Å². The number of aliphatic imine (C=N–C) groups is 1. The Hall–Kier alpha value is -2.99. The van der Waals surface area contributed by atoms with Crippen molar-refractivity contribution in [2.45, 2.75) is 18.4 Å². The summed E-state index contributed by atoms with van der Waals surface area (Å²) in [5.74, 6) is 0.164. The predicted octanol–water partition coefficient (Wildman–Crippen LogP) is 2.68. The van der Waals surface area contributed by atoms with Gasteiger partial charge in [-0.25, -0.2) is 13.2 Å². The minimum Gasteiger partial charge on any atom is -0.465 e. The number of sulfonamides is 1. The second-order valence-electron chi connectivity index (χ2n) is 8.33. The number of ether oxygens (including phenoxy) is 1. The van der Waals surface area contributed by atoms with Gasteiger partial charge in [0.1, 0.15) is 12.4 Å². The Morgan fingerprint density at radius 2 is 1.86 bits per heavy atom. The van der Waals surface area contributed by atoms with E-state index in [4.69, 9.17) is 16.3 Å². The molecule has 36 heavy (non-hydrogen) atoms. The quantitative estimate of drug-likeness (QED) is 0.466. The van der Waals surface area contributed by atoms with Gasteiger partial charge in [-0.3, -0.25) is 14.7 Å². The molecule has 0 fully saturated rings. The Morgan fingerprint density at radius 1 is 1.17 bits per heavy atom. The lowest BCUT2D eigenvalue weighted by Gasteiger charge is -2.20. The molecule has 2 aromatic carbocycles. The molecule has 0 saturated carbocycles. The van der Waals surface area contributed by atoms with Gasteiger partial charge in [-0.1, -0.05) is 41.9 Å². The van der Waals surface area contributed by atoms with E-state index in [0.29, 0.717) is 41.6 Å². The van der Waals surface area contributed by atoms with Crippen LogP contribution in [0.1, 0.15) is 16.7 Å². The number of amidine groups is 1. The minimum atomic E-state index is -3.74. The number of hydrogen-bond donors (Lipinski definition) is 1. The van der Waals surface area contributed by atoms with Gasteiger partial charge in [-0.15, -0.1) is 0 Å². The molecule has 1 aliphatic rings. The first-order valence-corrected chi connectivity index (χ1v) is 13.0. The molecule has 10 nitrogen and oxygen atoms in total. The summed E-state index contributed by atoms with van der Waals surface area (Å²) in [7, 11) is -0.646. The summed E-state index contributed by atoms with van der Waals surface area (Å²) in [5.41, 5.74) is 2.04. The van der Waals surface area contributed by atoms with Gasteiger partial charge < -0.3 is 14.7 Å². The van der Waals surface area contributed by atoms with Crippen molar-refractivity contribution in [1.82, 2.24) is 14.1 Å². The third-order valence-corrected chi connectivity index (χ3v) is 8.22. The molecule has 1 heterocycles. The standard InChI is InChI=1S/C24H29ClN4O6S/c1-17-20(25)5-4-6-21(17)36(33,34)28(3)13-14-35-16-22(30)27(2)15-18-7-9-19(10-8-18)23-26-11-12-29(23)24(31)32/h4-10H,11-16H2,1-3H3,(H,31,32). The SMILES string of the molecule is Cc1c(Cl)cccc1S(=O)(=O)N(C)CCOCC(=O)N(C)Cc1ccc(C2=NCCN2C(=O)O)cc1. The van der Waals surface area contributed by atoms with E-state index in [1.54, 1.807) is 38.2 Å². The molecule has 3 rings (SSSR count). The molecule has 194 valence electrons. The van der Waals surface area contributed by atoms with Gasteiger partial charge in [0.15, 0.2) is 0 Å². The van der Waals surface area contributed by atoms with E-state index in [-0.39, 0.29) is 30.6 Å². The molecule has 12 heteroatoms. The fourth-order valence-electron chi connectivity index (χ4n) is 3.62. The highest BCUT2D eigenvalue weighted by Crippen LogP contribution is 2.24. The van der Waals surface area contributed by atoms with Crippen molar-refractivity contribution in [3.63, 3.8) is 0 Å². The van der Waals surface area contributed by atoms with Crippen LogP contribution in [0.3, 0.4) is 0 Å². The van der Waals surface area contributed by atoms with Crippen LogP contribution in [0, 0.1) is 6.92 Å². The molecular weight excluding hydrogens is 508 g/mol. The van der Waals surface area contributed by atoms with Crippen molar-refractivity contribution in [2.24, 2.45) is 4.99 Å². The normalized spacial score (nSPS) is 13.7. The highest BCUT2D eigenvalue weighted by atomic mass is 35.5. The largest absolute Gasteiger partial charge is 0.465 e. The number of carbonyl (C=O) groups is 2. The lowest BCUT2D eigenvalue weighted by molar-refractivity contribution is -0.135. The predicted molar refractivity (Wildman–Crippen MR) is 136 cm³/mol. The van der Waals surface area contributed by atoms with Crippen molar-refractivity contribution < 1.29 is 27.9 Å². The third-order valence-electron chi connectivity index (χ3n) is 5.81. The van der Waals surface area contributed by atoms with Crippen molar-refractivity contribution in [3.05, 3.63) is 64.2 Å². The first kappa shape index (κ1) is 27.6. The van der Waals surface area contributed by atoms with Gasteiger partial charge in [0.05, 0.1) is 24.6 Å². The van der Waals surface area contributed by atoms with E-state index in [0.717, 1.165) is 5.56 Å². The molecule has 2 aromatic rings. The number of carboxylic acid groups (broad SMARTS) is 1. The lowest BCUT2D eigenvalue weighted by atomic mass is 10.1. The van der Waals surface area contributed by atoms with Gasteiger partial charge >= 0.3 is 6.09 Å². The van der Waals surface area contributed by atoms with E-state index >= 15 is 0 Å². The lowest BCUT2D eigenvalue weighted by Crippen LogP contribution is -2.34. The third kappa shape index (κ3) is 6.41. The van der Waals surface area contributed by atoms with Gasteiger partial charge in [0.25, 0.3) is 0 Å². The van der Waals surface area contributed by atoms with Gasteiger partial charge in [-0.05, 0) is 30.2 Å². The van der Waals surface area contributed by atoms with Crippen LogP contribution < -0.4 is 0 Å². The van der Waals surface area contributed by atoms with Crippen LogP contribution in [0.5, 0.6) is 0 Å². The number of hydrogen-bond acceptors (Lipinski definition) is 6. The molecule has 0 bridgehead atoms. The summed E-state index contributed by atoms with van der Waals surface area (Å²) >= 11 is 6.05. The van der Waals surface area contributed by atoms with Crippen LogP contribution in [-0.2, 0) is 26.1 Å². The van der Waals surface area contributed by atoms with E-state index in [1.807, 2.05) is 12.1 Å². The topological polar surface area (TPSA) is 120 Å². The maximum absolute atomic E-state index is 12.8. The molecular formula is C24H29ClN4O6S. The van der Waals surface area contributed by atoms with Crippen LogP contribution in [0.15, 0.2) is 52.4 Å². The van der Waals surface area contributed by atoms with Crippen molar-refractivity contribution in [3.8, 4) is 0 Å². The number of halogens is 1. The van der Waals surface area contributed by atoms with Crippen LogP contribution in [0.25, 0.3) is 0 Å². The molecule has 0 aromatic heterocycles. The van der Waals surface area contributed by atoms with E-state index in [1.165, 1.54) is 27.2 Å². The summed E-state index contributed by atoms with van der Waals surface area (Å²) in [5, 5.41) is 9.64. The Morgan fingerprint density at radius 3 is 2.53 bits per heavy atom. The first-order chi connectivity index (χ1) is 17.0. The molecule has 2 amide bonds. The summed E-state index contributed by atoms with van der Waals surface area (Å²) in [6.07, 6.45) is -1.04. The van der Waals surface area contributed by atoms with E-state index in [9.17, 15) is 23.1 Å². The van der Waals surface area contributed by atoms with Crippen molar-refractivity contribution in [2.75, 3.05) is 46.9 Å². The summed E-state index contributed by atoms with van der Waals surface area (Å²) < 4.78 is 32.2.